The third-order valence-electron chi connectivity index (χ3n) is 1.50. The number of aryl methyl sites for hydroxylation is 2. The van der Waals surface area contributed by atoms with E-state index in [1.54, 1.807) is 19.3 Å². The highest BCUT2D eigenvalue weighted by molar-refractivity contribution is 7.86. The van der Waals surface area contributed by atoms with Crippen LogP contribution in [-0.4, -0.2) is 18.5 Å². The molecule has 0 spiro atoms. The number of nitrogens with zero attached hydrogens (tertiary/aromatic N) is 1. The molecule has 1 rings (SSSR count). The zero-order chi connectivity index (χ0) is 13.9. The summed E-state index contributed by atoms with van der Waals surface area (Å²) in [6, 6.07) is 3.20. The average Bonchev–Trinajstić information content (AvgIpc) is 2.09. The maximum atomic E-state index is 12.5. The summed E-state index contributed by atoms with van der Waals surface area (Å²) in [4.78, 5) is 0. The Morgan fingerprint density at radius 1 is 1.29 bits per heavy atom. The van der Waals surface area contributed by atoms with Gasteiger partial charge in [0, 0.05) is 11.6 Å². The van der Waals surface area contributed by atoms with Crippen molar-refractivity contribution in [3.8, 4) is 0 Å². The lowest BCUT2D eigenvalue weighted by Crippen LogP contribution is -2.32. The van der Waals surface area contributed by atoms with Crippen LogP contribution in [0.2, 0.25) is 0 Å². The van der Waals surface area contributed by atoms with Gasteiger partial charge in [-0.1, -0.05) is 0 Å². The Bertz CT molecular complexity index is 484. The molecule has 0 radical (unpaired) electrons. The second-order valence-corrected chi connectivity index (χ2v) is 4.41. The van der Waals surface area contributed by atoms with Crippen LogP contribution in [0.1, 0.15) is 5.56 Å². The number of rotatable bonds is 0. The molecule has 98 valence electrons. The molecule has 17 heavy (non-hydrogen) atoms. The fourth-order valence-electron chi connectivity index (χ4n) is 0.728. The summed E-state index contributed by atoms with van der Waals surface area (Å²) in [5.41, 5.74) is -4.58. The molecule has 0 saturated carbocycles. The molecule has 4 nitrogen and oxygen atoms in total. The second kappa shape index (κ2) is 5.41. The molecule has 0 N–H and O–H groups in total. The minimum atomic E-state index is -6.09. The van der Waals surface area contributed by atoms with Crippen LogP contribution in [0.5, 0.6) is 0 Å². The molecule has 1 aromatic heterocycles. The number of aromatic nitrogens is 1. The van der Waals surface area contributed by atoms with Gasteiger partial charge in [-0.3, -0.25) is 0 Å². The zero-order valence-corrected chi connectivity index (χ0v) is 9.64. The molecule has 0 saturated heterocycles. The van der Waals surface area contributed by atoms with Crippen molar-refractivity contribution >= 4 is 10.1 Å². The van der Waals surface area contributed by atoms with E-state index in [0.29, 0.717) is 0 Å². The van der Waals surface area contributed by atoms with E-state index < -0.39 is 15.6 Å². The number of alkyl halides is 3. The smallest absolute Gasteiger partial charge is 0.485 e. The van der Waals surface area contributed by atoms with E-state index in [2.05, 4.69) is 0 Å². The average molecular weight is 275 g/mol. The Labute approximate surface area is 95.3 Å². The van der Waals surface area contributed by atoms with Crippen LogP contribution in [0.4, 0.5) is 17.6 Å². The fourth-order valence-corrected chi connectivity index (χ4v) is 0.728. The van der Waals surface area contributed by atoms with E-state index in [4.69, 9.17) is 13.0 Å². The quantitative estimate of drug-likeness (QED) is 0.233. The third kappa shape index (κ3) is 5.59. The molecular weight excluding hydrogens is 266 g/mol. The van der Waals surface area contributed by atoms with Gasteiger partial charge in [-0.25, -0.2) is 8.42 Å². The molecule has 0 aliphatic rings. The van der Waals surface area contributed by atoms with Gasteiger partial charge >= 0.3 is 11.5 Å². The minimum absolute atomic E-state index is 0.208. The SMILES string of the molecule is Cc1ccc(F)[n+](C)c1.O=S(=O)([O-])C(F)(F)F. The van der Waals surface area contributed by atoms with Gasteiger partial charge in [-0.15, -0.1) is 4.39 Å². The maximum Gasteiger partial charge on any atom is 0.485 e. The summed E-state index contributed by atoms with van der Waals surface area (Å²) < 4.78 is 72.8. The first-order valence-corrected chi connectivity index (χ1v) is 5.50. The van der Waals surface area contributed by atoms with E-state index in [0.717, 1.165) is 5.56 Å². The molecule has 0 unspecified atom stereocenters. The van der Waals surface area contributed by atoms with Crippen molar-refractivity contribution < 1.29 is 35.1 Å². The molecule has 0 bridgehead atoms. The van der Waals surface area contributed by atoms with Crippen molar-refractivity contribution in [1.29, 1.82) is 0 Å². The van der Waals surface area contributed by atoms with Gasteiger partial charge in [0.15, 0.2) is 16.3 Å². The van der Waals surface area contributed by atoms with Gasteiger partial charge in [0.2, 0.25) is 0 Å². The van der Waals surface area contributed by atoms with Crippen molar-refractivity contribution in [1.82, 2.24) is 0 Å². The Morgan fingerprint density at radius 3 is 1.94 bits per heavy atom. The van der Waals surface area contributed by atoms with Gasteiger partial charge in [0.25, 0.3) is 0 Å². The van der Waals surface area contributed by atoms with E-state index >= 15 is 0 Å². The predicted molar refractivity (Wildman–Crippen MR) is 48.1 cm³/mol. The largest absolute Gasteiger partial charge is 0.741 e. The van der Waals surface area contributed by atoms with E-state index in [1.807, 2.05) is 6.92 Å². The molecule has 1 aromatic rings. The van der Waals surface area contributed by atoms with E-state index in [1.165, 1.54) is 10.6 Å². The Balaban J connectivity index is 0.000000304. The van der Waals surface area contributed by atoms with Crippen LogP contribution < -0.4 is 4.57 Å². The van der Waals surface area contributed by atoms with Gasteiger partial charge in [0.05, 0.1) is 0 Å². The lowest BCUT2D eigenvalue weighted by Gasteiger charge is -2.08. The van der Waals surface area contributed by atoms with Gasteiger partial charge in [-0.2, -0.15) is 17.7 Å². The van der Waals surface area contributed by atoms with Gasteiger partial charge in [-0.05, 0) is 13.0 Å². The standard InChI is InChI=1S/C7H9FN.CHF3O3S/c1-6-3-4-7(8)9(2)5-6;2-1(3,4)8(5,6)7/h3-5H,1-2H3;(H,5,6,7)/q+1;/p-1. The normalized spacial score (nSPS) is 11.7. The Hall–Kier alpha value is -1.22. The molecular formula is C8H9F4NO3S. The summed E-state index contributed by atoms with van der Waals surface area (Å²) in [7, 11) is -4.41. The number of pyridine rings is 1. The maximum absolute atomic E-state index is 12.5. The first-order chi connectivity index (χ1) is 7.45. The van der Waals surface area contributed by atoms with Crippen LogP contribution in [0.15, 0.2) is 18.3 Å². The van der Waals surface area contributed by atoms with Crippen molar-refractivity contribution in [2.24, 2.45) is 7.05 Å². The summed E-state index contributed by atoms with van der Waals surface area (Å²) in [6.07, 6.45) is 1.75. The van der Waals surface area contributed by atoms with Crippen molar-refractivity contribution in [3.63, 3.8) is 0 Å². The van der Waals surface area contributed by atoms with Gasteiger partial charge in [0.1, 0.15) is 7.05 Å². The third-order valence-corrected chi connectivity index (χ3v) is 2.07. The van der Waals surface area contributed by atoms with Crippen LogP contribution in [0.3, 0.4) is 0 Å². The van der Waals surface area contributed by atoms with Crippen molar-refractivity contribution in [2.75, 3.05) is 0 Å². The van der Waals surface area contributed by atoms with Crippen LogP contribution in [-0.2, 0) is 17.2 Å². The highest BCUT2D eigenvalue weighted by Gasteiger charge is 2.36. The van der Waals surface area contributed by atoms with Crippen LogP contribution >= 0.6 is 0 Å². The van der Waals surface area contributed by atoms with Crippen LogP contribution in [0, 0.1) is 12.9 Å². The molecule has 0 aliphatic carbocycles. The first kappa shape index (κ1) is 15.8. The lowest BCUT2D eigenvalue weighted by molar-refractivity contribution is -0.700. The Kier molecular flexibility index (Phi) is 5.02. The lowest BCUT2D eigenvalue weighted by atomic mass is 10.3. The summed E-state index contributed by atoms with van der Waals surface area (Å²) >= 11 is 0. The molecule has 0 atom stereocenters. The fraction of sp³-hybridized carbons (Fsp3) is 0.375. The molecule has 0 fully saturated rings. The van der Waals surface area contributed by atoms with Gasteiger partial charge < -0.3 is 4.55 Å². The van der Waals surface area contributed by atoms with Crippen molar-refractivity contribution in [2.45, 2.75) is 12.4 Å². The monoisotopic (exact) mass is 275 g/mol. The Morgan fingerprint density at radius 2 is 1.71 bits per heavy atom. The summed E-state index contributed by atoms with van der Waals surface area (Å²) in [6.45, 7) is 1.93. The van der Waals surface area contributed by atoms with Crippen molar-refractivity contribution in [3.05, 3.63) is 29.8 Å². The van der Waals surface area contributed by atoms with E-state index in [9.17, 15) is 17.6 Å². The number of halogens is 4. The number of hydrogen-bond acceptors (Lipinski definition) is 3. The van der Waals surface area contributed by atoms with Crippen LogP contribution in [0.25, 0.3) is 0 Å². The molecule has 0 aromatic carbocycles. The highest BCUT2D eigenvalue weighted by atomic mass is 32.2. The predicted octanol–water partition coefficient (Wildman–Crippen LogP) is 1.01. The second-order valence-electron chi connectivity index (χ2n) is 3.04. The number of hydrogen-bond donors (Lipinski definition) is 0. The highest BCUT2D eigenvalue weighted by Crippen LogP contribution is 2.20. The summed E-state index contributed by atoms with van der Waals surface area (Å²) in [5.74, 6) is -0.208. The molecule has 1 heterocycles. The topological polar surface area (TPSA) is 61.1 Å². The summed E-state index contributed by atoms with van der Waals surface area (Å²) in [5, 5.41) is 0. The first-order valence-electron chi connectivity index (χ1n) is 4.09. The van der Waals surface area contributed by atoms with E-state index in [-0.39, 0.29) is 5.95 Å². The molecule has 0 aliphatic heterocycles. The molecule has 9 heteroatoms. The molecule has 0 amide bonds. The minimum Gasteiger partial charge on any atom is -0.741 e. The zero-order valence-electron chi connectivity index (χ0n) is 8.82.